The van der Waals surface area contributed by atoms with E-state index in [1.165, 1.54) is 4.80 Å². The van der Waals surface area contributed by atoms with Gasteiger partial charge in [-0.05, 0) is 43.5 Å². The van der Waals surface area contributed by atoms with Crippen molar-refractivity contribution < 1.29 is 27.9 Å². The van der Waals surface area contributed by atoms with Gasteiger partial charge >= 0.3 is 12.1 Å². The number of hydrogen-bond acceptors (Lipinski definition) is 5. The van der Waals surface area contributed by atoms with Gasteiger partial charge in [-0.15, -0.1) is 0 Å². The first kappa shape index (κ1) is 24.2. The summed E-state index contributed by atoms with van der Waals surface area (Å²) in [6.07, 6.45) is -1.01. The molecular formula is C23H23F3N6O3. The highest BCUT2D eigenvalue weighted by atomic mass is 19.4. The second-order valence-electron chi connectivity index (χ2n) is 8.29. The molecule has 2 atom stereocenters. The van der Waals surface area contributed by atoms with E-state index in [2.05, 4.69) is 26.6 Å². The van der Waals surface area contributed by atoms with Crippen molar-refractivity contribution in [2.24, 2.45) is 0 Å². The maximum Gasteiger partial charge on any atom is 0.490 e. The van der Waals surface area contributed by atoms with E-state index < -0.39 is 12.1 Å². The molecule has 0 saturated heterocycles. The molecule has 1 aliphatic rings. The molecule has 1 fully saturated rings. The molecule has 35 heavy (non-hydrogen) atoms. The Kier molecular flexibility index (Phi) is 6.99. The number of rotatable bonds is 4. The van der Waals surface area contributed by atoms with Gasteiger partial charge in [-0.2, -0.15) is 28.2 Å². The highest BCUT2D eigenvalue weighted by Crippen LogP contribution is 2.32. The molecule has 2 aromatic carbocycles. The lowest BCUT2D eigenvalue weighted by molar-refractivity contribution is -0.192. The number of imidazole rings is 1. The Morgan fingerprint density at radius 1 is 1.03 bits per heavy atom. The number of halogens is 3. The highest BCUT2D eigenvalue weighted by molar-refractivity contribution is 5.77. The molecule has 2 unspecified atom stereocenters. The number of para-hydroxylation sites is 2. The average molecular weight is 488 g/mol. The Morgan fingerprint density at radius 2 is 1.63 bits per heavy atom. The molecule has 0 bridgehead atoms. The normalized spacial score (nSPS) is 18.1. The van der Waals surface area contributed by atoms with Gasteiger partial charge in [0, 0.05) is 12.0 Å². The van der Waals surface area contributed by atoms with Crippen LogP contribution in [0.2, 0.25) is 0 Å². The number of carboxylic acid groups (broad SMARTS) is 1. The van der Waals surface area contributed by atoms with Gasteiger partial charge < -0.3 is 15.4 Å². The number of nitrogens with zero attached hydrogens (tertiary/aromatic N) is 4. The predicted molar refractivity (Wildman–Crippen MR) is 120 cm³/mol. The Bertz CT molecular complexity index is 1270. The Hall–Kier alpha value is -3.96. The molecule has 3 N–H and O–H groups in total. The number of nitrogens with one attached hydrogen (secondary N) is 2. The second-order valence-corrected chi connectivity index (χ2v) is 8.29. The average Bonchev–Trinajstić information content (AvgIpc) is 3.42. The molecule has 1 saturated carbocycles. The molecule has 1 aliphatic carbocycles. The number of aromatic nitrogens is 5. The van der Waals surface area contributed by atoms with Crippen LogP contribution in [0.4, 0.5) is 13.2 Å². The van der Waals surface area contributed by atoms with Gasteiger partial charge in [0.15, 0.2) is 0 Å². The van der Waals surface area contributed by atoms with Gasteiger partial charge in [0.2, 0.25) is 5.91 Å². The summed E-state index contributed by atoms with van der Waals surface area (Å²) in [4.78, 5) is 31.1. The van der Waals surface area contributed by atoms with E-state index in [1.807, 2.05) is 42.5 Å². The van der Waals surface area contributed by atoms with Crippen LogP contribution in [0.3, 0.4) is 0 Å². The van der Waals surface area contributed by atoms with Crippen LogP contribution < -0.4 is 5.32 Å². The summed E-state index contributed by atoms with van der Waals surface area (Å²) in [5.74, 6) is -1.43. The van der Waals surface area contributed by atoms with E-state index in [-0.39, 0.29) is 18.5 Å². The van der Waals surface area contributed by atoms with Crippen molar-refractivity contribution in [2.75, 3.05) is 0 Å². The van der Waals surface area contributed by atoms with Gasteiger partial charge in [0.25, 0.3) is 0 Å². The maximum absolute atomic E-state index is 12.5. The summed E-state index contributed by atoms with van der Waals surface area (Å²) >= 11 is 0. The standard InChI is InChI=1S/C21H22N6O.C2HF3O2/c28-20(13-27-25-18-10-3-4-11-19(18)26-27)22-15-7-5-6-14(12-15)21-23-16-8-1-2-9-17(16)24-21;3-2(4,5)1(6)7/h1-4,8-11,14-15H,5-7,12-13H2,(H,22,28)(H,23,24);(H,6,7). The van der Waals surface area contributed by atoms with Crippen LogP contribution in [0.15, 0.2) is 48.5 Å². The quantitative estimate of drug-likeness (QED) is 0.401. The molecule has 2 heterocycles. The molecular weight excluding hydrogens is 465 g/mol. The Labute approximate surface area is 197 Å². The van der Waals surface area contributed by atoms with Crippen molar-refractivity contribution in [3.8, 4) is 0 Å². The summed E-state index contributed by atoms with van der Waals surface area (Å²) in [6, 6.07) is 15.9. The number of fused-ring (bicyclic) bond motifs is 2. The number of carbonyl (C=O) groups excluding carboxylic acids is 1. The van der Waals surface area contributed by atoms with E-state index in [0.29, 0.717) is 5.92 Å². The van der Waals surface area contributed by atoms with Gasteiger partial charge in [0.1, 0.15) is 23.4 Å². The van der Waals surface area contributed by atoms with Crippen LogP contribution >= 0.6 is 0 Å². The van der Waals surface area contributed by atoms with Crippen LogP contribution in [0.1, 0.15) is 37.4 Å². The number of aliphatic carboxylic acids is 1. The molecule has 12 heteroatoms. The minimum atomic E-state index is -5.08. The third-order valence-corrected chi connectivity index (χ3v) is 5.69. The molecule has 0 radical (unpaired) electrons. The molecule has 1 amide bonds. The molecule has 9 nitrogen and oxygen atoms in total. The molecule has 5 rings (SSSR count). The zero-order chi connectivity index (χ0) is 25.0. The second kappa shape index (κ2) is 10.1. The molecule has 2 aromatic heterocycles. The number of carbonyl (C=O) groups is 2. The number of hydrogen-bond donors (Lipinski definition) is 3. The largest absolute Gasteiger partial charge is 0.490 e. The first-order valence-electron chi connectivity index (χ1n) is 11.0. The minimum Gasteiger partial charge on any atom is -0.475 e. The zero-order valence-corrected chi connectivity index (χ0v) is 18.5. The summed E-state index contributed by atoms with van der Waals surface area (Å²) < 4.78 is 31.7. The first-order valence-corrected chi connectivity index (χ1v) is 11.0. The van der Waals surface area contributed by atoms with E-state index >= 15 is 0 Å². The van der Waals surface area contributed by atoms with Gasteiger partial charge in [-0.1, -0.05) is 30.7 Å². The number of alkyl halides is 3. The van der Waals surface area contributed by atoms with Crippen molar-refractivity contribution in [3.05, 3.63) is 54.4 Å². The van der Waals surface area contributed by atoms with E-state index in [4.69, 9.17) is 14.9 Å². The first-order chi connectivity index (χ1) is 16.7. The van der Waals surface area contributed by atoms with Crippen LogP contribution in [-0.2, 0) is 16.1 Å². The number of carboxylic acids is 1. The molecule has 184 valence electrons. The van der Waals surface area contributed by atoms with E-state index in [0.717, 1.165) is 53.6 Å². The van der Waals surface area contributed by atoms with Crippen molar-refractivity contribution in [1.82, 2.24) is 30.3 Å². The zero-order valence-electron chi connectivity index (χ0n) is 18.5. The monoisotopic (exact) mass is 488 g/mol. The van der Waals surface area contributed by atoms with E-state index in [9.17, 15) is 18.0 Å². The number of amides is 1. The van der Waals surface area contributed by atoms with Crippen molar-refractivity contribution in [1.29, 1.82) is 0 Å². The van der Waals surface area contributed by atoms with Gasteiger partial charge in [-0.3, -0.25) is 4.79 Å². The summed E-state index contributed by atoms with van der Waals surface area (Å²) in [7, 11) is 0. The lowest BCUT2D eigenvalue weighted by Crippen LogP contribution is -2.40. The fraction of sp³-hybridized carbons (Fsp3) is 0.348. The minimum absolute atomic E-state index is 0.0458. The Balaban J connectivity index is 0.000000364. The summed E-state index contributed by atoms with van der Waals surface area (Å²) in [5, 5.41) is 19.0. The Morgan fingerprint density at radius 3 is 2.23 bits per heavy atom. The third-order valence-electron chi connectivity index (χ3n) is 5.69. The van der Waals surface area contributed by atoms with Crippen LogP contribution in [0.5, 0.6) is 0 Å². The lowest BCUT2D eigenvalue weighted by Gasteiger charge is -2.28. The van der Waals surface area contributed by atoms with Crippen molar-refractivity contribution in [2.45, 2.75) is 50.4 Å². The van der Waals surface area contributed by atoms with Crippen molar-refractivity contribution >= 4 is 33.9 Å². The topological polar surface area (TPSA) is 126 Å². The summed E-state index contributed by atoms with van der Waals surface area (Å²) in [6.45, 7) is 0.139. The lowest BCUT2D eigenvalue weighted by atomic mass is 9.85. The molecule has 0 aliphatic heterocycles. The van der Waals surface area contributed by atoms with Crippen LogP contribution in [0, 0.1) is 0 Å². The maximum atomic E-state index is 12.5. The summed E-state index contributed by atoms with van der Waals surface area (Å²) in [5.41, 5.74) is 3.68. The van der Waals surface area contributed by atoms with Crippen LogP contribution in [0.25, 0.3) is 22.1 Å². The SMILES string of the molecule is O=C(Cn1nc2ccccc2n1)NC1CCCC(c2nc3ccccc3[nH]2)C1.O=C(O)C(F)(F)F. The number of H-pyrrole nitrogens is 1. The fourth-order valence-corrected chi connectivity index (χ4v) is 4.11. The molecule has 0 spiro atoms. The third kappa shape index (κ3) is 6.14. The van der Waals surface area contributed by atoms with Gasteiger partial charge in [-0.25, -0.2) is 9.78 Å². The highest BCUT2D eigenvalue weighted by Gasteiger charge is 2.38. The van der Waals surface area contributed by atoms with Gasteiger partial charge in [0.05, 0.1) is 11.0 Å². The smallest absolute Gasteiger partial charge is 0.475 e. The van der Waals surface area contributed by atoms with E-state index in [1.54, 1.807) is 0 Å². The molecule has 4 aromatic rings. The fourth-order valence-electron chi connectivity index (χ4n) is 4.11. The van der Waals surface area contributed by atoms with Crippen molar-refractivity contribution in [3.63, 3.8) is 0 Å². The number of aromatic amines is 1. The van der Waals surface area contributed by atoms with Crippen LogP contribution in [-0.4, -0.2) is 54.2 Å². The number of benzene rings is 2. The predicted octanol–water partition coefficient (Wildman–Crippen LogP) is 3.78.